The highest BCUT2D eigenvalue weighted by atomic mass is 19.4. The minimum absolute atomic E-state index is 0.275. The van der Waals surface area contributed by atoms with Crippen LogP contribution < -0.4 is 0 Å². The van der Waals surface area contributed by atoms with Crippen LogP contribution in [-0.2, 0) is 14.9 Å². The summed E-state index contributed by atoms with van der Waals surface area (Å²) in [5.41, 5.74) is -2.81. The average molecular weight is 316 g/mol. The van der Waals surface area contributed by atoms with Crippen molar-refractivity contribution in [3.05, 3.63) is 35.4 Å². The van der Waals surface area contributed by atoms with E-state index >= 15 is 0 Å². The minimum atomic E-state index is -4.76. The van der Waals surface area contributed by atoms with Crippen molar-refractivity contribution >= 4 is 5.97 Å². The van der Waals surface area contributed by atoms with Crippen LogP contribution >= 0.6 is 0 Å². The van der Waals surface area contributed by atoms with Gasteiger partial charge in [-0.1, -0.05) is 38.1 Å². The zero-order chi connectivity index (χ0) is 16.8. The Hall–Kier alpha value is -1.56. The molecule has 0 aromatic heterocycles. The highest BCUT2D eigenvalue weighted by Gasteiger charge is 2.70. The zero-order valence-corrected chi connectivity index (χ0v) is 12.7. The summed E-state index contributed by atoms with van der Waals surface area (Å²) >= 11 is 0. The molecule has 0 spiro atoms. The van der Waals surface area contributed by atoms with E-state index in [0.29, 0.717) is 5.56 Å². The Bertz CT molecular complexity index is 555. The van der Waals surface area contributed by atoms with Gasteiger partial charge in [0, 0.05) is 12.8 Å². The van der Waals surface area contributed by atoms with E-state index in [1.807, 2.05) is 13.8 Å². The van der Waals surface area contributed by atoms with Crippen LogP contribution in [0.1, 0.15) is 43.7 Å². The molecule has 0 aliphatic heterocycles. The third kappa shape index (κ3) is 2.49. The first-order valence-electron chi connectivity index (χ1n) is 7.04. The smallest absolute Gasteiger partial charge is 0.417 e. The van der Waals surface area contributed by atoms with E-state index in [1.165, 1.54) is 0 Å². The number of methoxy groups -OCH3 is 1. The maximum absolute atomic E-state index is 12.9. The first-order valence-corrected chi connectivity index (χ1v) is 7.04. The molecule has 1 N–H and O–H groups in total. The summed E-state index contributed by atoms with van der Waals surface area (Å²) in [4.78, 5) is 12.0. The molecule has 0 radical (unpaired) electrons. The molecule has 1 aliphatic rings. The van der Waals surface area contributed by atoms with Crippen LogP contribution in [0.4, 0.5) is 13.2 Å². The van der Waals surface area contributed by atoms with Crippen molar-refractivity contribution in [3.8, 4) is 0 Å². The molecule has 0 heterocycles. The molecule has 1 aliphatic carbocycles. The Morgan fingerprint density at radius 2 is 1.73 bits per heavy atom. The van der Waals surface area contributed by atoms with Gasteiger partial charge >= 0.3 is 12.1 Å². The van der Waals surface area contributed by atoms with E-state index < -0.39 is 36.0 Å². The molecule has 1 aromatic rings. The molecule has 1 aromatic carbocycles. The van der Waals surface area contributed by atoms with E-state index in [2.05, 4.69) is 4.74 Å². The van der Waals surface area contributed by atoms with Gasteiger partial charge in [0.15, 0.2) is 5.60 Å². The predicted octanol–water partition coefficient (Wildman–Crippen LogP) is 3.31. The van der Waals surface area contributed by atoms with Crippen molar-refractivity contribution in [2.75, 3.05) is 7.11 Å². The quantitative estimate of drug-likeness (QED) is 0.870. The third-order valence-electron chi connectivity index (χ3n) is 4.42. The summed E-state index contributed by atoms with van der Waals surface area (Å²) in [5.74, 6) is -0.477. The summed E-state index contributed by atoms with van der Waals surface area (Å²) in [6, 6.07) is 6.86. The van der Waals surface area contributed by atoms with Crippen LogP contribution in [0.3, 0.4) is 0 Å². The molecule has 1 fully saturated rings. The normalized spacial score (nSPS) is 28.4. The van der Waals surface area contributed by atoms with Gasteiger partial charge in [0.1, 0.15) is 0 Å². The molecule has 0 unspecified atom stereocenters. The van der Waals surface area contributed by atoms with Crippen LogP contribution in [-0.4, -0.2) is 30.0 Å². The van der Waals surface area contributed by atoms with E-state index in [-0.39, 0.29) is 5.92 Å². The Labute approximate surface area is 127 Å². The Kier molecular flexibility index (Phi) is 4.02. The van der Waals surface area contributed by atoms with Crippen molar-refractivity contribution in [3.63, 3.8) is 0 Å². The lowest BCUT2D eigenvalue weighted by molar-refractivity contribution is -0.302. The molecule has 122 valence electrons. The van der Waals surface area contributed by atoms with Gasteiger partial charge in [0.25, 0.3) is 0 Å². The summed E-state index contributed by atoms with van der Waals surface area (Å²) in [6.45, 7) is 3.99. The third-order valence-corrected chi connectivity index (χ3v) is 4.42. The molecule has 1 saturated carbocycles. The number of hydrogen-bond donors (Lipinski definition) is 1. The van der Waals surface area contributed by atoms with Crippen molar-refractivity contribution in [2.24, 2.45) is 0 Å². The minimum Gasteiger partial charge on any atom is -0.468 e. The van der Waals surface area contributed by atoms with E-state index in [0.717, 1.165) is 12.7 Å². The number of aliphatic hydroxyl groups is 1. The van der Waals surface area contributed by atoms with Crippen LogP contribution in [0.5, 0.6) is 0 Å². The monoisotopic (exact) mass is 316 g/mol. The number of carbonyl (C=O) groups is 1. The lowest BCUT2D eigenvalue weighted by Gasteiger charge is -2.51. The van der Waals surface area contributed by atoms with E-state index in [1.54, 1.807) is 24.3 Å². The van der Waals surface area contributed by atoms with Gasteiger partial charge < -0.3 is 9.84 Å². The largest absolute Gasteiger partial charge is 0.468 e. The molecule has 3 nitrogen and oxygen atoms in total. The lowest BCUT2D eigenvalue weighted by atomic mass is 9.55. The van der Waals surface area contributed by atoms with Crippen LogP contribution in [0.25, 0.3) is 0 Å². The lowest BCUT2D eigenvalue weighted by Crippen LogP contribution is -2.65. The highest BCUT2D eigenvalue weighted by molar-refractivity contribution is 5.85. The molecule has 6 heteroatoms. The van der Waals surface area contributed by atoms with Gasteiger partial charge in [-0.15, -0.1) is 0 Å². The fraction of sp³-hybridized carbons (Fsp3) is 0.562. The average Bonchev–Trinajstić information content (AvgIpc) is 2.41. The Morgan fingerprint density at radius 3 is 2.09 bits per heavy atom. The molecular formula is C16H19F3O3. The van der Waals surface area contributed by atoms with Gasteiger partial charge in [-0.05, 0) is 17.0 Å². The second-order valence-electron chi connectivity index (χ2n) is 6.23. The second kappa shape index (κ2) is 5.26. The van der Waals surface area contributed by atoms with Gasteiger partial charge in [0.2, 0.25) is 0 Å². The number of ether oxygens (including phenoxy) is 1. The van der Waals surface area contributed by atoms with E-state index in [4.69, 9.17) is 0 Å². The fourth-order valence-corrected chi connectivity index (χ4v) is 3.00. The molecular weight excluding hydrogens is 297 g/mol. The number of benzene rings is 1. The number of alkyl halides is 3. The molecule has 0 bridgehead atoms. The van der Waals surface area contributed by atoms with Crippen LogP contribution in [0.15, 0.2) is 24.3 Å². The number of hydrogen-bond acceptors (Lipinski definition) is 3. The maximum Gasteiger partial charge on any atom is 0.417 e. The number of rotatable bonds is 3. The summed E-state index contributed by atoms with van der Waals surface area (Å²) in [5, 5.41) is 9.70. The SMILES string of the molecule is COC(=O)C1(c2ccc(C(C)C)cc2)CC(O)(C(F)(F)F)C1. The second-order valence-corrected chi connectivity index (χ2v) is 6.23. The predicted molar refractivity (Wildman–Crippen MR) is 74.5 cm³/mol. The van der Waals surface area contributed by atoms with Crippen LogP contribution in [0.2, 0.25) is 0 Å². The first-order chi connectivity index (χ1) is 10.1. The number of esters is 1. The highest BCUT2D eigenvalue weighted by Crippen LogP contribution is 2.57. The standard InChI is InChI=1S/C16H19F3O3/c1-10(2)11-4-6-12(7-5-11)14(13(20)22-3)8-15(21,9-14)16(17,18)19/h4-7,10,21H,8-9H2,1-3H3. The van der Waals surface area contributed by atoms with Gasteiger partial charge in [-0.3, -0.25) is 4.79 Å². The van der Waals surface area contributed by atoms with Crippen molar-refractivity contribution in [1.29, 1.82) is 0 Å². The first kappa shape index (κ1) is 16.8. The van der Waals surface area contributed by atoms with Crippen molar-refractivity contribution in [2.45, 2.75) is 49.8 Å². The Balaban J connectivity index is 2.36. The fourth-order valence-electron chi connectivity index (χ4n) is 3.00. The number of carbonyl (C=O) groups excluding carboxylic acids is 1. The summed E-state index contributed by atoms with van der Waals surface area (Å²) in [6.07, 6.45) is -6.18. The van der Waals surface area contributed by atoms with Crippen molar-refractivity contribution < 1.29 is 27.8 Å². The molecule has 22 heavy (non-hydrogen) atoms. The molecule has 0 saturated heterocycles. The summed E-state index contributed by atoms with van der Waals surface area (Å²) < 4.78 is 43.3. The number of halogens is 3. The van der Waals surface area contributed by atoms with Crippen molar-refractivity contribution in [1.82, 2.24) is 0 Å². The molecule has 0 amide bonds. The molecule has 2 rings (SSSR count). The zero-order valence-electron chi connectivity index (χ0n) is 12.7. The topological polar surface area (TPSA) is 46.5 Å². The molecule has 0 atom stereocenters. The van der Waals surface area contributed by atoms with Gasteiger partial charge in [0.05, 0.1) is 12.5 Å². The van der Waals surface area contributed by atoms with Gasteiger partial charge in [-0.25, -0.2) is 0 Å². The maximum atomic E-state index is 12.9. The Morgan fingerprint density at radius 1 is 1.23 bits per heavy atom. The summed E-state index contributed by atoms with van der Waals surface area (Å²) in [7, 11) is 1.14. The van der Waals surface area contributed by atoms with Crippen LogP contribution in [0, 0.1) is 0 Å². The van der Waals surface area contributed by atoms with E-state index in [9.17, 15) is 23.1 Å². The van der Waals surface area contributed by atoms with Gasteiger partial charge in [-0.2, -0.15) is 13.2 Å².